The fraction of sp³-hybridized carbons (Fsp3) is 0.333. The highest BCUT2D eigenvalue weighted by Gasteiger charge is 2.20. The molecule has 5 nitrogen and oxygen atoms in total. The Morgan fingerprint density at radius 2 is 2.29 bits per heavy atom. The van der Waals surface area contributed by atoms with Gasteiger partial charge in [0.25, 0.3) is 0 Å². The zero-order chi connectivity index (χ0) is 12.0. The SMILES string of the molecule is CN1CC=C2CC=c3c(N=O)c(O)[nH]c3=C2C1. The Balaban J connectivity index is 2.36. The molecule has 2 aliphatic rings. The first-order valence-corrected chi connectivity index (χ1v) is 5.56. The molecule has 0 spiro atoms. The summed E-state index contributed by atoms with van der Waals surface area (Å²) >= 11 is 0. The molecule has 1 aromatic rings. The van der Waals surface area contributed by atoms with Gasteiger partial charge in [0.15, 0.2) is 5.69 Å². The van der Waals surface area contributed by atoms with Crippen LogP contribution in [-0.4, -0.2) is 35.1 Å². The van der Waals surface area contributed by atoms with Gasteiger partial charge in [-0.3, -0.25) is 4.90 Å². The molecule has 5 heteroatoms. The van der Waals surface area contributed by atoms with Gasteiger partial charge in [0.2, 0.25) is 5.88 Å². The number of nitroso groups, excluding NO2 is 1. The summed E-state index contributed by atoms with van der Waals surface area (Å²) in [5.74, 6) is -0.136. The number of likely N-dealkylation sites (N-methyl/N-ethyl adjacent to an activating group) is 1. The van der Waals surface area contributed by atoms with Gasteiger partial charge < -0.3 is 10.1 Å². The standard InChI is InChI=1S/C12H13N3O2/c1-15-5-4-7-2-3-8-10(9(7)6-15)13-12(16)11(8)14-17/h3-4,13,16H,2,5-6H2,1H3. The second-order valence-corrected chi connectivity index (χ2v) is 4.52. The van der Waals surface area contributed by atoms with Crippen molar-refractivity contribution in [2.24, 2.45) is 5.18 Å². The summed E-state index contributed by atoms with van der Waals surface area (Å²) in [6.45, 7) is 1.76. The zero-order valence-electron chi connectivity index (χ0n) is 9.53. The van der Waals surface area contributed by atoms with Crippen molar-refractivity contribution < 1.29 is 5.11 Å². The third-order valence-electron chi connectivity index (χ3n) is 3.38. The summed E-state index contributed by atoms with van der Waals surface area (Å²) in [7, 11) is 2.04. The Bertz CT molecular complexity index is 639. The van der Waals surface area contributed by atoms with Crippen molar-refractivity contribution in [3.63, 3.8) is 0 Å². The maximum Gasteiger partial charge on any atom is 0.219 e. The molecule has 0 saturated carbocycles. The summed E-state index contributed by atoms with van der Waals surface area (Å²) in [6, 6.07) is 0. The highest BCUT2D eigenvalue weighted by Crippen LogP contribution is 2.25. The van der Waals surface area contributed by atoms with Gasteiger partial charge in [0, 0.05) is 18.3 Å². The Hall–Kier alpha value is -1.88. The van der Waals surface area contributed by atoms with Gasteiger partial charge in [-0.05, 0) is 29.8 Å². The van der Waals surface area contributed by atoms with Crippen LogP contribution in [0.15, 0.2) is 16.8 Å². The van der Waals surface area contributed by atoms with E-state index in [9.17, 15) is 10.0 Å². The van der Waals surface area contributed by atoms with Gasteiger partial charge in [-0.15, -0.1) is 4.91 Å². The predicted molar refractivity (Wildman–Crippen MR) is 65.2 cm³/mol. The quantitative estimate of drug-likeness (QED) is 0.684. The summed E-state index contributed by atoms with van der Waals surface area (Å²) in [4.78, 5) is 15.7. The van der Waals surface area contributed by atoms with E-state index in [-0.39, 0.29) is 11.6 Å². The molecular weight excluding hydrogens is 218 g/mol. The van der Waals surface area contributed by atoms with Crippen molar-refractivity contribution in [3.8, 4) is 5.88 Å². The topological polar surface area (TPSA) is 68.7 Å². The van der Waals surface area contributed by atoms with Crippen molar-refractivity contribution in [2.45, 2.75) is 6.42 Å². The molecule has 2 heterocycles. The van der Waals surface area contributed by atoms with Crippen LogP contribution < -0.4 is 10.6 Å². The van der Waals surface area contributed by atoms with Gasteiger partial charge in [0.1, 0.15) is 0 Å². The number of nitrogens with one attached hydrogen (secondary N) is 1. The first-order valence-electron chi connectivity index (χ1n) is 5.56. The van der Waals surface area contributed by atoms with Crippen molar-refractivity contribution >= 4 is 17.3 Å². The highest BCUT2D eigenvalue weighted by molar-refractivity contribution is 5.73. The Labute approximate surface area is 97.7 Å². The fourth-order valence-electron chi connectivity index (χ4n) is 2.50. The molecule has 3 rings (SSSR count). The molecule has 0 bridgehead atoms. The first-order chi connectivity index (χ1) is 8.20. The monoisotopic (exact) mass is 231 g/mol. The molecule has 0 fully saturated rings. The lowest BCUT2D eigenvalue weighted by Gasteiger charge is -2.25. The van der Waals surface area contributed by atoms with Crippen molar-refractivity contribution in [1.82, 2.24) is 9.88 Å². The van der Waals surface area contributed by atoms with Crippen LogP contribution in [0.1, 0.15) is 6.42 Å². The van der Waals surface area contributed by atoms with Gasteiger partial charge in [0.05, 0.1) is 5.35 Å². The predicted octanol–water partition coefficient (Wildman–Crippen LogP) is 0.325. The normalized spacial score (nSPS) is 19.1. The number of hydrogen-bond donors (Lipinski definition) is 2. The summed E-state index contributed by atoms with van der Waals surface area (Å²) in [5.41, 5.74) is 2.55. The molecule has 2 N–H and O–H groups in total. The largest absolute Gasteiger partial charge is 0.493 e. The number of aromatic amines is 1. The molecule has 17 heavy (non-hydrogen) atoms. The molecule has 1 aliphatic carbocycles. The van der Waals surface area contributed by atoms with Crippen LogP contribution >= 0.6 is 0 Å². The summed E-state index contributed by atoms with van der Waals surface area (Å²) in [6.07, 6.45) is 4.93. The average molecular weight is 231 g/mol. The third kappa shape index (κ3) is 1.43. The van der Waals surface area contributed by atoms with E-state index in [2.05, 4.69) is 21.1 Å². The minimum atomic E-state index is -0.136. The first kappa shape index (κ1) is 10.3. The Kier molecular flexibility index (Phi) is 2.16. The molecule has 1 aromatic heterocycles. The number of aromatic hydroxyl groups is 1. The van der Waals surface area contributed by atoms with E-state index in [1.165, 1.54) is 5.57 Å². The fourth-order valence-corrected chi connectivity index (χ4v) is 2.50. The Morgan fingerprint density at radius 3 is 3.06 bits per heavy atom. The van der Waals surface area contributed by atoms with Crippen LogP contribution in [0.25, 0.3) is 11.6 Å². The number of rotatable bonds is 1. The van der Waals surface area contributed by atoms with Crippen LogP contribution in [0.3, 0.4) is 0 Å². The van der Waals surface area contributed by atoms with Crippen LogP contribution in [0.4, 0.5) is 5.69 Å². The molecule has 0 aromatic carbocycles. The maximum atomic E-state index is 10.7. The lowest BCUT2D eigenvalue weighted by Crippen LogP contribution is -2.36. The van der Waals surface area contributed by atoms with Crippen molar-refractivity contribution in [2.75, 3.05) is 20.1 Å². The number of H-pyrrole nitrogens is 1. The van der Waals surface area contributed by atoms with Gasteiger partial charge in [-0.2, -0.15) is 0 Å². The second kappa shape index (κ2) is 3.56. The van der Waals surface area contributed by atoms with E-state index < -0.39 is 0 Å². The molecule has 88 valence electrons. The molecule has 0 saturated heterocycles. The minimum Gasteiger partial charge on any atom is -0.493 e. The van der Waals surface area contributed by atoms with Gasteiger partial charge in [-0.1, -0.05) is 12.2 Å². The smallest absolute Gasteiger partial charge is 0.219 e. The number of aromatic nitrogens is 1. The Morgan fingerprint density at radius 1 is 1.47 bits per heavy atom. The van der Waals surface area contributed by atoms with Crippen LogP contribution in [-0.2, 0) is 0 Å². The molecule has 0 atom stereocenters. The van der Waals surface area contributed by atoms with Crippen LogP contribution in [0, 0.1) is 4.91 Å². The van der Waals surface area contributed by atoms with Crippen LogP contribution in [0.2, 0.25) is 0 Å². The number of nitrogens with zero attached hydrogens (tertiary/aromatic N) is 2. The summed E-state index contributed by atoms with van der Waals surface area (Å²) < 4.78 is 0. The third-order valence-corrected chi connectivity index (χ3v) is 3.38. The van der Waals surface area contributed by atoms with E-state index in [4.69, 9.17) is 0 Å². The molecule has 0 amide bonds. The highest BCUT2D eigenvalue weighted by atomic mass is 16.3. The van der Waals surface area contributed by atoms with Crippen LogP contribution in [0.5, 0.6) is 5.88 Å². The maximum absolute atomic E-state index is 10.7. The molecule has 0 unspecified atom stereocenters. The average Bonchev–Trinajstić information content (AvgIpc) is 2.65. The van der Waals surface area contributed by atoms with E-state index in [1.807, 2.05) is 13.1 Å². The van der Waals surface area contributed by atoms with E-state index >= 15 is 0 Å². The minimum absolute atomic E-state index is 0.125. The molecule has 1 aliphatic heterocycles. The van der Waals surface area contributed by atoms with Gasteiger partial charge in [-0.25, -0.2) is 0 Å². The lowest BCUT2D eigenvalue weighted by molar-refractivity contribution is 0.407. The van der Waals surface area contributed by atoms with Gasteiger partial charge >= 0.3 is 0 Å². The van der Waals surface area contributed by atoms with Crippen molar-refractivity contribution in [1.29, 1.82) is 0 Å². The van der Waals surface area contributed by atoms with E-state index in [0.29, 0.717) is 0 Å². The number of fused-ring (bicyclic) bond motifs is 2. The second-order valence-electron chi connectivity index (χ2n) is 4.52. The molecular formula is C12H13N3O2. The molecule has 0 radical (unpaired) electrons. The van der Waals surface area contributed by atoms with E-state index in [1.54, 1.807) is 0 Å². The van der Waals surface area contributed by atoms with Crippen molar-refractivity contribution in [3.05, 3.63) is 27.1 Å². The van der Waals surface area contributed by atoms with E-state index in [0.717, 1.165) is 35.7 Å². The zero-order valence-corrected chi connectivity index (χ0v) is 9.53. The number of hydrogen-bond acceptors (Lipinski definition) is 4. The lowest BCUT2D eigenvalue weighted by atomic mass is 9.94. The summed E-state index contributed by atoms with van der Waals surface area (Å²) in [5, 5.41) is 14.1.